The zero-order chi connectivity index (χ0) is 11.8. The smallest absolute Gasteiger partial charge is 0.406 e. The number of hydrogen-bond acceptors (Lipinski definition) is 2. The standard InChI is InChI=1S/C14H14BNO/c1-15(17)16-12-6-7-14-11(9-12)8-10-4-2-3-5-13(10)14/h2-7,9,16-17H,8H2,1H3. The van der Waals surface area contributed by atoms with Crippen molar-refractivity contribution < 1.29 is 5.02 Å². The lowest BCUT2D eigenvalue weighted by atomic mass is 9.88. The van der Waals surface area contributed by atoms with Crippen molar-refractivity contribution in [3.63, 3.8) is 0 Å². The van der Waals surface area contributed by atoms with Gasteiger partial charge in [-0.3, -0.25) is 0 Å². The summed E-state index contributed by atoms with van der Waals surface area (Å²) in [5.41, 5.74) is 6.35. The molecular formula is C14H14BNO. The molecule has 1 aliphatic rings. The molecule has 0 amide bonds. The first kappa shape index (κ1) is 10.4. The third kappa shape index (κ3) is 1.83. The van der Waals surface area contributed by atoms with Crippen molar-refractivity contribution in [2.45, 2.75) is 13.2 Å². The Balaban J connectivity index is 2.01. The average Bonchev–Trinajstić information content (AvgIpc) is 2.65. The van der Waals surface area contributed by atoms with E-state index in [-0.39, 0.29) is 0 Å². The summed E-state index contributed by atoms with van der Waals surface area (Å²) in [4.78, 5) is 0. The third-order valence-corrected chi connectivity index (χ3v) is 3.17. The van der Waals surface area contributed by atoms with Crippen LogP contribution in [0.3, 0.4) is 0 Å². The summed E-state index contributed by atoms with van der Waals surface area (Å²) in [5, 5.41) is 12.3. The first-order valence-electron chi connectivity index (χ1n) is 5.90. The van der Waals surface area contributed by atoms with E-state index in [9.17, 15) is 5.02 Å². The molecular weight excluding hydrogens is 209 g/mol. The summed E-state index contributed by atoms with van der Waals surface area (Å²) in [6.07, 6.45) is 0.987. The van der Waals surface area contributed by atoms with Crippen LogP contribution >= 0.6 is 0 Å². The summed E-state index contributed by atoms with van der Waals surface area (Å²) in [5.74, 6) is 0. The van der Waals surface area contributed by atoms with Crippen molar-refractivity contribution in [1.82, 2.24) is 0 Å². The number of anilines is 1. The van der Waals surface area contributed by atoms with Crippen molar-refractivity contribution in [2.24, 2.45) is 0 Å². The minimum Gasteiger partial charge on any atom is -0.433 e. The van der Waals surface area contributed by atoms with Crippen LogP contribution in [0.2, 0.25) is 6.82 Å². The van der Waals surface area contributed by atoms with Gasteiger partial charge in [-0.15, -0.1) is 0 Å². The first-order chi connectivity index (χ1) is 8.24. The number of nitrogens with one attached hydrogen (secondary N) is 1. The highest BCUT2D eigenvalue weighted by Gasteiger charge is 2.18. The molecule has 3 heteroatoms. The summed E-state index contributed by atoms with van der Waals surface area (Å²) >= 11 is 0. The molecule has 0 aromatic heterocycles. The van der Waals surface area contributed by atoms with Gasteiger partial charge < -0.3 is 10.3 Å². The van der Waals surface area contributed by atoms with Gasteiger partial charge in [0.25, 0.3) is 0 Å². The largest absolute Gasteiger partial charge is 0.433 e. The summed E-state index contributed by atoms with van der Waals surface area (Å²) < 4.78 is 0. The van der Waals surface area contributed by atoms with Gasteiger partial charge in [-0.1, -0.05) is 30.3 Å². The van der Waals surface area contributed by atoms with Crippen LogP contribution < -0.4 is 5.23 Å². The number of fused-ring (bicyclic) bond motifs is 3. The van der Waals surface area contributed by atoms with Gasteiger partial charge in [0.15, 0.2) is 0 Å². The van der Waals surface area contributed by atoms with Crippen LogP contribution in [0.5, 0.6) is 0 Å². The Hall–Kier alpha value is -1.74. The van der Waals surface area contributed by atoms with E-state index in [1.54, 1.807) is 6.82 Å². The third-order valence-electron chi connectivity index (χ3n) is 3.17. The van der Waals surface area contributed by atoms with Crippen molar-refractivity contribution in [1.29, 1.82) is 0 Å². The summed E-state index contributed by atoms with van der Waals surface area (Å²) in [6.45, 7) is 1.72. The van der Waals surface area contributed by atoms with Crippen LogP contribution in [0.25, 0.3) is 11.1 Å². The highest BCUT2D eigenvalue weighted by Crippen LogP contribution is 2.37. The average molecular weight is 223 g/mol. The molecule has 3 rings (SSSR count). The molecule has 2 nitrogen and oxygen atoms in total. The SMILES string of the molecule is CB(O)Nc1ccc2c(c1)Cc1ccccc1-2. The van der Waals surface area contributed by atoms with Gasteiger partial charge in [0.2, 0.25) is 0 Å². The lowest BCUT2D eigenvalue weighted by Crippen LogP contribution is -2.19. The van der Waals surface area contributed by atoms with Crippen molar-refractivity contribution >= 4 is 12.7 Å². The molecule has 0 heterocycles. The van der Waals surface area contributed by atoms with E-state index in [0.29, 0.717) is 0 Å². The fourth-order valence-corrected chi connectivity index (χ4v) is 2.48. The lowest BCUT2D eigenvalue weighted by Gasteiger charge is -2.08. The minimum absolute atomic E-state index is 0.517. The molecule has 1 aliphatic carbocycles. The van der Waals surface area contributed by atoms with Gasteiger partial charge in [-0.2, -0.15) is 0 Å². The zero-order valence-electron chi connectivity index (χ0n) is 9.77. The highest BCUT2D eigenvalue weighted by molar-refractivity contribution is 6.52. The van der Waals surface area contributed by atoms with E-state index in [4.69, 9.17) is 0 Å². The topological polar surface area (TPSA) is 32.3 Å². The maximum absolute atomic E-state index is 9.32. The molecule has 0 saturated carbocycles. The quantitative estimate of drug-likeness (QED) is 0.654. The molecule has 0 bridgehead atoms. The van der Waals surface area contributed by atoms with Gasteiger partial charge in [-0.05, 0) is 47.6 Å². The fraction of sp³-hybridized carbons (Fsp3) is 0.143. The normalized spacial score (nSPS) is 11.9. The van der Waals surface area contributed by atoms with E-state index >= 15 is 0 Å². The Kier molecular flexibility index (Phi) is 2.41. The fourth-order valence-electron chi connectivity index (χ4n) is 2.48. The molecule has 2 aromatic carbocycles. The minimum atomic E-state index is -0.517. The number of benzene rings is 2. The van der Waals surface area contributed by atoms with Crippen molar-refractivity contribution in [3.8, 4) is 11.1 Å². The molecule has 84 valence electrons. The lowest BCUT2D eigenvalue weighted by molar-refractivity contribution is 0.587. The van der Waals surface area contributed by atoms with E-state index in [1.807, 2.05) is 6.07 Å². The van der Waals surface area contributed by atoms with Gasteiger partial charge in [0, 0.05) is 5.69 Å². The van der Waals surface area contributed by atoms with Crippen LogP contribution in [-0.2, 0) is 6.42 Å². The summed E-state index contributed by atoms with van der Waals surface area (Å²) in [6, 6.07) is 14.8. The van der Waals surface area contributed by atoms with E-state index in [0.717, 1.165) is 12.1 Å². The van der Waals surface area contributed by atoms with E-state index in [2.05, 4.69) is 41.6 Å². The van der Waals surface area contributed by atoms with E-state index < -0.39 is 7.05 Å². The molecule has 0 spiro atoms. The summed E-state index contributed by atoms with van der Waals surface area (Å²) in [7, 11) is -0.517. The molecule has 0 fully saturated rings. The molecule has 17 heavy (non-hydrogen) atoms. The number of hydrogen-bond donors (Lipinski definition) is 2. The second kappa shape index (κ2) is 3.93. The molecule has 0 atom stereocenters. The maximum atomic E-state index is 9.32. The van der Waals surface area contributed by atoms with Crippen LogP contribution in [-0.4, -0.2) is 12.1 Å². The first-order valence-corrected chi connectivity index (χ1v) is 5.90. The predicted molar refractivity (Wildman–Crippen MR) is 72.1 cm³/mol. The van der Waals surface area contributed by atoms with Crippen molar-refractivity contribution in [3.05, 3.63) is 53.6 Å². The highest BCUT2D eigenvalue weighted by atomic mass is 16.2. The van der Waals surface area contributed by atoms with Gasteiger partial charge in [-0.25, -0.2) is 0 Å². The Morgan fingerprint density at radius 2 is 1.82 bits per heavy atom. The van der Waals surface area contributed by atoms with E-state index in [1.165, 1.54) is 22.3 Å². The Bertz CT molecular complexity index is 566. The van der Waals surface area contributed by atoms with Crippen LogP contribution in [0.4, 0.5) is 5.69 Å². The second-order valence-corrected chi connectivity index (χ2v) is 4.53. The zero-order valence-corrected chi connectivity index (χ0v) is 9.77. The molecule has 2 N–H and O–H groups in total. The van der Waals surface area contributed by atoms with Gasteiger partial charge >= 0.3 is 7.05 Å². The van der Waals surface area contributed by atoms with Crippen LogP contribution in [0.1, 0.15) is 11.1 Å². The van der Waals surface area contributed by atoms with Crippen LogP contribution in [0.15, 0.2) is 42.5 Å². The maximum Gasteiger partial charge on any atom is 0.406 e. The number of rotatable bonds is 2. The van der Waals surface area contributed by atoms with Gasteiger partial charge in [0.05, 0.1) is 0 Å². The Labute approximate surface area is 101 Å². The molecule has 0 saturated heterocycles. The monoisotopic (exact) mass is 223 g/mol. The molecule has 0 unspecified atom stereocenters. The molecule has 2 aromatic rings. The van der Waals surface area contributed by atoms with Gasteiger partial charge in [0.1, 0.15) is 0 Å². The Morgan fingerprint density at radius 1 is 1.06 bits per heavy atom. The Morgan fingerprint density at radius 3 is 2.65 bits per heavy atom. The molecule has 0 radical (unpaired) electrons. The predicted octanol–water partition coefficient (Wildman–Crippen LogP) is 2.78. The van der Waals surface area contributed by atoms with Crippen LogP contribution in [0, 0.1) is 0 Å². The molecule has 0 aliphatic heterocycles. The second-order valence-electron chi connectivity index (χ2n) is 4.53. The van der Waals surface area contributed by atoms with Crippen molar-refractivity contribution in [2.75, 3.05) is 5.23 Å².